The average molecular weight is 423 g/mol. The van der Waals surface area contributed by atoms with Gasteiger partial charge in [0.25, 0.3) is 11.2 Å². The molecule has 3 rings (SSSR count). The number of halogens is 3. The fraction of sp³-hybridized carbons (Fsp3) is 0.176. The van der Waals surface area contributed by atoms with Crippen LogP contribution in [0.25, 0.3) is 11.0 Å². The maximum Gasteiger partial charge on any atom is 0.433 e. The molecule has 1 aromatic carbocycles. The van der Waals surface area contributed by atoms with Gasteiger partial charge in [0.05, 0.1) is 10.3 Å². The summed E-state index contributed by atoms with van der Waals surface area (Å²) in [5, 5.41) is 13.0. The summed E-state index contributed by atoms with van der Waals surface area (Å²) in [5.41, 5.74) is -4.40. The van der Waals surface area contributed by atoms with Crippen molar-refractivity contribution in [3.8, 4) is 0 Å². The molecule has 0 aliphatic heterocycles. The van der Waals surface area contributed by atoms with Crippen LogP contribution in [-0.2, 0) is 24.6 Å². The molecule has 2 aromatic heterocycles. The highest BCUT2D eigenvalue weighted by atomic mass is 19.4. The normalized spacial score (nSPS) is 11.5. The van der Waals surface area contributed by atoms with Crippen LogP contribution in [0.1, 0.15) is 5.69 Å². The number of aryl methyl sites for hydroxylation is 1. The van der Waals surface area contributed by atoms with E-state index < -0.39 is 51.8 Å². The molecule has 0 spiro atoms. The van der Waals surface area contributed by atoms with Gasteiger partial charge in [-0.1, -0.05) is 12.1 Å². The highest BCUT2D eigenvalue weighted by Gasteiger charge is 2.33. The average Bonchev–Trinajstić information content (AvgIpc) is 2.68. The van der Waals surface area contributed by atoms with E-state index in [0.29, 0.717) is 15.2 Å². The van der Waals surface area contributed by atoms with Crippen LogP contribution in [0.15, 0.2) is 46.0 Å². The number of nitro benzene ring substituents is 1. The van der Waals surface area contributed by atoms with Crippen molar-refractivity contribution in [2.75, 3.05) is 5.32 Å². The third-order valence-corrected chi connectivity index (χ3v) is 4.15. The summed E-state index contributed by atoms with van der Waals surface area (Å²) in [6, 6.07) is 6.70. The van der Waals surface area contributed by atoms with Gasteiger partial charge in [0.15, 0.2) is 0 Å². The van der Waals surface area contributed by atoms with Gasteiger partial charge >= 0.3 is 11.9 Å². The number of anilines is 1. The van der Waals surface area contributed by atoms with Gasteiger partial charge in [0.1, 0.15) is 23.6 Å². The predicted molar refractivity (Wildman–Crippen MR) is 98.0 cm³/mol. The van der Waals surface area contributed by atoms with Gasteiger partial charge in [-0.15, -0.1) is 0 Å². The Labute approximate surface area is 164 Å². The number of fused-ring (bicyclic) bond motifs is 1. The zero-order chi connectivity index (χ0) is 22.2. The van der Waals surface area contributed by atoms with E-state index in [-0.39, 0.29) is 11.1 Å². The second-order valence-electron chi connectivity index (χ2n) is 6.12. The standard InChI is InChI=1S/C17H12F3N5O5/c1-23-14-9(6-7-12(22-14)17(18,19)20)15(27)24(16(23)28)8-13(26)21-10-4-2-3-5-11(10)25(29)30/h2-7H,8H2,1H3,(H,21,26). The first-order chi connectivity index (χ1) is 14.0. The summed E-state index contributed by atoms with van der Waals surface area (Å²) >= 11 is 0. The van der Waals surface area contributed by atoms with Crippen LogP contribution in [0, 0.1) is 10.1 Å². The lowest BCUT2D eigenvalue weighted by molar-refractivity contribution is -0.383. The van der Waals surface area contributed by atoms with Crippen molar-refractivity contribution in [3.05, 3.63) is 73.0 Å². The minimum absolute atomic E-state index is 0.144. The first-order valence-electron chi connectivity index (χ1n) is 8.21. The zero-order valence-corrected chi connectivity index (χ0v) is 15.1. The predicted octanol–water partition coefficient (Wildman–Crippen LogP) is 1.66. The molecular formula is C17H12F3N5O5. The lowest BCUT2D eigenvalue weighted by Gasteiger charge is -2.12. The van der Waals surface area contributed by atoms with Crippen molar-refractivity contribution in [2.24, 2.45) is 7.05 Å². The van der Waals surface area contributed by atoms with E-state index in [9.17, 15) is 37.7 Å². The molecule has 1 amide bonds. The number of pyridine rings is 1. The number of carbonyl (C=O) groups excluding carboxylic acids is 1. The van der Waals surface area contributed by atoms with Gasteiger partial charge in [-0.25, -0.2) is 9.78 Å². The molecule has 3 aromatic rings. The van der Waals surface area contributed by atoms with Gasteiger partial charge in [-0.05, 0) is 18.2 Å². The molecule has 2 heterocycles. The summed E-state index contributed by atoms with van der Waals surface area (Å²) in [7, 11) is 1.10. The molecule has 0 radical (unpaired) electrons. The molecular weight excluding hydrogens is 411 g/mol. The summed E-state index contributed by atoms with van der Waals surface area (Å²) in [6.45, 7) is -0.811. The number of aromatic nitrogens is 3. The molecule has 0 aliphatic carbocycles. The van der Waals surface area contributed by atoms with Crippen LogP contribution in [0.3, 0.4) is 0 Å². The second kappa shape index (κ2) is 7.42. The first kappa shape index (κ1) is 20.7. The molecule has 0 saturated carbocycles. The number of nitro groups is 1. The van der Waals surface area contributed by atoms with Crippen molar-refractivity contribution < 1.29 is 22.9 Å². The number of hydrogen-bond acceptors (Lipinski definition) is 6. The summed E-state index contributed by atoms with van der Waals surface area (Å²) < 4.78 is 39.8. The number of benzene rings is 1. The number of amides is 1. The fourth-order valence-corrected chi connectivity index (χ4v) is 2.74. The van der Waals surface area contributed by atoms with E-state index in [1.54, 1.807) is 0 Å². The minimum Gasteiger partial charge on any atom is -0.319 e. The van der Waals surface area contributed by atoms with Crippen molar-refractivity contribution in [1.29, 1.82) is 0 Å². The monoisotopic (exact) mass is 423 g/mol. The topological polar surface area (TPSA) is 129 Å². The Kier molecular flexibility index (Phi) is 5.12. The van der Waals surface area contributed by atoms with Gasteiger partial charge < -0.3 is 5.32 Å². The molecule has 30 heavy (non-hydrogen) atoms. The highest BCUT2D eigenvalue weighted by Crippen LogP contribution is 2.28. The Morgan fingerprint density at radius 1 is 1.20 bits per heavy atom. The summed E-state index contributed by atoms with van der Waals surface area (Å²) in [5.74, 6) is -0.914. The van der Waals surface area contributed by atoms with E-state index in [4.69, 9.17) is 0 Å². The van der Waals surface area contributed by atoms with Gasteiger partial charge in [-0.2, -0.15) is 13.2 Å². The number of nitrogens with zero attached hydrogens (tertiary/aromatic N) is 4. The Balaban J connectivity index is 2.01. The third kappa shape index (κ3) is 3.76. The number of nitrogens with one attached hydrogen (secondary N) is 1. The maximum atomic E-state index is 12.9. The lowest BCUT2D eigenvalue weighted by Crippen LogP contribution is -2.42. The number of hydrogen-bond donors (Lipinski definition) is 1. The van der Waals surface area contributed by atoms with Crippen LogP contribution in [0.4, 0.5) is 24.5 Å². The molecule has 0 fully saturated rings. The molecule has 0 atom stereocenters. The Hall–Kier alpha value is -4.03. The van der Waals surface area contributed by atoms with E-state index >= 15 is 0 Å². The molecule has 156 valence electrons. The summed E-state index contributed by atoms with van der Waals surface area (Å²) in [4.78, 5) is 50.9. The van der Waals surface area contributed by atoms with E-state index in [1.807, 2.05) is 0 Å². The zero-order valence-electron chi connectivity index (χ0n) is 15.1. The third-order valence-electron chi connectivity index (χ3n) is 4.15. The number of alkyl halides is 3. The minimum atomic E-state index is -4.77. The van der Waals surface area contributed by atoms with Crippen LogP contribution in [0.2, 0.25) is 0 Å². The van der Waals surface area contributed by atoms with Crippen molar-refractivity contribution >= 4 is 28.3 Å². The number of carbonyl (C=O) groups is 1. The molecule has 1 N–H and O–H groups in total. The smallest absolute Gasteiger partial charge is 0.319 e. The maximum absolute atomic E-state index is 12.9. The molecule has 13 heteroatoms. The van der Waals surface area contributed by atoms with E-state index in [1.165, 1.54) is 18.2 Å². The van der Waals surface area contributed by atoms with Gasteiger partial charge in [-0.3, -0.25) is 28.8 Å². The van der Waals surface area contributed by atoms with Crippen molar-refractivity contribution in [1.82, 2.24) is 14.1 Å². The number of para-hydroxylation sites is 2. The summed E-state index contributed by atoms with van der Waals surface area (Å²) in [6.07, 6.45) is -4.77. The van der Waals surface area contributed by atoms with Crippen LogP contribution >= 0.6 is 0 Å². The van der Waals surface area contributed by atoms with Crippen LogP contribution < -0.4 is 16.6 Å². The quantitative estimate of drug-likeness (QED) is 0.502. The van der Waals surface area contributed by atoms with Crippen LogP contribution in [0.5, 0.6) is 0 Å². The van der Waals surface area contributed by atoms with Crippen molar-refractivity contribution in [3.63, 3.8) is 0 Å². The van der Waals surface area contributed by atoms with Crippen molar-refractivity contribution in [2.45, 2.75) is 12.7 Å². The molecule has 0 aliphatic rings. The fourth-order valence-electron chi connectivity index (χ4n) is 2.74. The molecule has 0 saturated heterocycles. The number of rotatable bonds is 4. The Morgan fingerprint density at radius 3 is 2.50 bits per heavy atom. The largest absolute Gasteiger partial charge is 0.433 e. The Bertz CT molecular complexity index is 1300. The van der Waals surface area contributed by atoms with Gasteiger partial charge in [0, 0.05) is 13.1 Å². The molecule has 0 unspecified atom stereocenters. The molecule has 0 bridgehead atoms. The lowest BCUT2D eigenvalue weighted by atomic mass is 10.2. The van der Waals surface area contributed by atoms with E-state index in [0.717, 1.165) is 19.2 Å². The van der Waals surface area contributed by atoms with Gasteiger partial charge in [0.2, 0.25) is 5.91 Å². The first-order valence-corrected chi connectivity index (χ1v) is 8.21. The SMILES string of the molecule is Cn1c(=O)n(CC(=O)Nc2ccccc2[N+](=O)[O-])c(=O)c2ccc(C(F)(F)F)nc21. The second-order valence-corrected chi connectivity index (χ2v) is 6.12. The van der Waals surface area contributed by atoms with Crippen LogP contribution in [-0.4, -0.2) is 24.9 Å². The highest BCUT2D eigenvalue weighted by molar-refractivity contribution is 5.93. The van der Waals surface area contributed by atoms with E-state index in [2.05, 4.69) is 10.3 Å². The Morgan fingerprint density at radius 2 is 1.87 bits per heavy atom. The molecule has 10 nitrogen and oxygen atoms in total.